The van der Waals surface area contributed by atoms with Crippen molar-refractivity contribution < 1.29 is 32.7 Å². The molecule has 3 aromatic rings. The van der Waals surface area contributed by atoms with Gasteiger partial charge in [-0.05, 0) is 55.5 Å². The maximum Gasteiger partial charge on any atom is 0.418 e. The van der Waals surface area contributed by atoms with Crippen LogP contribution < -0.4 is 10.6 Å². The highest BCUT2D eigenvalue weighted by atomic mass is 32.2. The summed E-state index contributed by atoms with van der Waals surface area (Å²) in [5.41, 5.74) is -0.944. The Labute approximate surface area is 197 Å². The van der Waals surface area contributed by atoms with Crippen molar-refractivity contribution in [2.24, 2.45) is 0 Å². The molecule has 0 bridgehead atoms. The van der Waals surface area contributed by atoms with Crippen molar-refractivity contribution in [3.63, 3.8) is 0 Å². The molecule has 10 heteroatoms. The number of anilines is 2. The minimum atomic E-state index is -4.59. The number of carboxylic acids is 1. The average Bonchev–Trinajstić information content (AvgIpc) is 2.80. The lowest BCUT2D eigenvalue weighted by molar-refractivity contribution is -0.137. The van der Waals surface area contributed by atoms with Crippen molar-refractivity contribution in [3.8, 4) is 0 Å². The Kier molecular flexibility index (Phi) is 7.62. The molecule has 0 aliphatic rings. The highest BCUT2D eigenvalue weighted by molar-refractivity contribution is 8.00. The molecule has 1 unspecified atom stereocenters. The van der Waals surface area contributed by atoms with E-state index in [4.69, 9.17) is 0 Å². The number of nitrogens with one attached hydrogen (secondary N) is 2. The van der Waals surface area contributed by atoms with Gasteiger partial charge in [0.1, 0.15) is 0 Å². The number of amides is 2. The number of carbonyl (C=O) groups is 3. The van der Waals surface area contributed by atoms with Crippen LogP contribution in [-0.2, 0) is 11.0 Å². The molecule has 0 spiro atoms. The summed E-state index contributed by atoms with van der Waals surface area (Å²) in [7, 11) is 0. The van der Waals surface area contributed by atoms with Gasteiger partial charge in [0.15, 0.2) is 0 Å². The first-order valence-electron chi connectivity index (χ1n) is 9.93. The van der Waals surface area contributed by atoms with Gasteiger partial charge >= 0.3 is 12.1 Å². The number of hydrogen-bond donors (Lipinski definition) is 3. The van der Waals surface area contributed by atoms with Crippen molar-refractivity contribution in [2.75, 3.05) is 10.6 Å². The molecule has 3 rings (SSSR count). The second-order valence-corrected chi connectivity index (χ2v) is 8.54. The summed E-state index contributed by atoms with van der Waals surface area (Å²) in [6.45, 7) is 1.56. The minimum absolute atomic E-state index is 0.0119. The van der Waals surface area contributed by atoms with Gasteiger partial charge in [-0.3, -0.25) is 9.59 Å². The molecule has 0 saturated carbocycles. The maximum atomic E-state index is 13.1. The lowest BCUT2D eigenvalue weighted by atomic mass is 10.1. The molecule has 0 aromatic heterocycles. The third-order valence-corrected chi connectivity index (χ3v) is 5.80. The topological polar surface area (TPSA) is 95.5 Å². The predicted octanol–water partition coefficient (Wildman–Crippen LogP) is 5.78. The molecule has 0 aliphatic carbocycles. The summed E-state index contributed by atoms with van der Waals surface area (Å²) in [4.78, 5) is 36.8. The van der Waals surface area contributed by atoms with Crippen molar-refractivity contribution in [2.45, 2.75) is 23.2 Å². The zero-order valence-corrected chi connectivity index (χ0v) is 18.5. The number of alkyl halides is 3. The fraction of sp³-hybridized carbons (Fsp3) is 0.125. The van der Waals surface area contributed by atoms with Crippen LogP contribution in [0.5, 0.6) is 0 Å². The van der Waals surface area contributed by atoms with Gasteiger partial charge in [-0.15, -0.1) is 11.8 Å². The Morgan fingerprint density at radius 2 is 1.44 bits per heavy atom. The highest BCUT2D eigenvalue weighted by Crippen LogP contribution is 2.35. The van der Waals surface area contributed by atoms with Crippen LogP contribution in [0, 0.1) is 0 Å². The molecule has 3 N–H and O–H groups in total. The van der Waals surface area contributed by atoms with Crippen molar-refractivity contribution in [1.29, 1.82) is 0 Å². The third-order valence-electron chi connectivity index (χ3n) is 4.69. The van der Waals surface area contributed by atoms with Crippen LogP contribution in [0.15, 0.2) is 77.7 Å². The lowest BCUT2D eigenvalue weighted by Gasteiger charge is -2.16. The predicted molar refractivity (Wildman–Crippen MR) is 123 cm³/mol. The molecular weight excluding hydrogens is 469 g/mol. The maximum absolute atomic E-state index is 13.1. The van der Waals surface area contributed by atoms with Gasteiger partial charge in [0.2, 0.25) is 5.91 Å². The summed E-state index contributed by atoms with van der Waals surface area (Å²) in [6, 6.07) is 17.0. The van der Waals surface area contributed by atoms with Crippen molar-refractivity contribution in [1.82, 2.24) is 0 Å². The molecule has 1 atom stereocenters. The first-order chi connectivity index (χ1) is 16.1. The van der Waals surface area contributed by atoms with Crippen LogP contribution in [0.1, 0.15) is 33.2 Å². The standard InChI is InChI=1S/C24H19F3N2O4S/c1-14(21(30)29-20-9-5-4-8-19(20)24(25,26)27)34-16-12-10-15(11-13-16)28-22(31)17-6-2-3-7-18(17)23(32)33/h2-14H,1H3,(H,28,31)(H,29,30)(H,32,33). The van der Waals surface area contributed by atoms with Gasteiger partial charge in [-0.2, -0.15) is 13.2 Å². The Morgan fingerprint density at radius 1 is 0.853 bits per heavy atom. The van der Waals surface area contributed by atoms with Crippen molar-refractivity contribution in [3.05, 3.63) is 89.5 Å². The summed E-state index contributed by atoms with van der Waals surface area (Å²) in [5, 5.41) is 13.5. The smallest absolute Gasteiger partial charge is 0.418 e. The minimum Gasteiger partial charge on any atom is -0.478 e. The fourth-order valence-electron chi connectivity index (χ4n) is 3.01. The molecule has 3 aromatic carbocycles. The average molecular weight is 488 g/mol. The monoisotopic (exact) mass is 488 g/mol. The number of carboxylic acid groups (broad SMARTS) is 1. The third kappa shape index (κ3) is 6.16. The van der Waals surface area contributed by atoms with E-state index < -0.39 is 34.8 Å². The number of para-hydroxylation sites is 1. The van der Waals surface area contributed by atoms with Crippen LogP contribution in [0.4, 0.5) is 24.5 Å². The molecule has 6 nitrogen and oxygen atoms in total. The molecule has 0 heterocycles. The highest BCUT2D eigenvalue weighted by Gasteiger charge is 2.33. The number of halogens is 3. The molecule has 176 valence electrons. The normalized spacial score (nSPS) is 12.0. The van der Waals surface area contributed by atoms with Crippen molar-refractivity contribution >= 4 is 40.9 Å². The van der Waals surface area contributed by atoms with E-state index >= 15 is 0 Å². The Balaban J connectivity index is 1.63. The first-order valence-corrected chi connectivity index (χ1v) is 10.8. The molecular formula is C24H19F3N2O4S. The zero-order chi connectivity index (χ0) is 24.9. The van der Waals surface area contributed by atoms with Crippen LogP contribution in [-0.4, -0.2) is 28.1 Å². The van der Waals surface area contributed by atoms with E-state index in [1.165, 1.54) is 36.4 Å². The number of hydrogen-bond acceptors (Lipinski definition) is 4. The molecule has 0 aliphatic heterocycles. The second kappa shape index (κ2) is 10.4. The first kappa shape index (κ1) is 24.8. The number of benzene rings is 3. The van der Waals surface area contributed by atoms with E-state index in [2.05, 4.69) is 10.6 Å². The number of rotatable bonds is 7. The summed E-state index contributed by atoms with van der Waals surface area (Å²) >= 11 is 1.13. The fourth-order valence-corrected chi connectivity index (χ4v) is 3.88. The van der Waals surface area contributed by atoms with Gasteiger partial charge in [0, 0.05) is 10.6 Å². The van der Waals surface area contributed by atoms with E-state index in [-0.39, 0.29) is 16.8 Å². The molecule has 0 saturated heterocycles. The summed E-state index contributed by atoms with van der Waals surface area (Å²) < 4.78 is 39.4. The molecule has 2 amide bonds. The Morgan fingerprint density at radius 3 is 2.06 bits per heavy atom. The summed E-state index contributed by atoms with van der Waals surface area (Å²) in [6.07, 6.45) is -4.59. The van der Waals surface area contributed by atoms with E-state index in [0.29, 0.717) is 10.6 Å². The van der Waals surface area contributed by atoms with Gasteiger partial charge in [0.05, 0.1) is 27.6 Å². The molecule has 0 fully saturated rings. The van der Waals surface area contributed by atoms with Gasteiger partial charge in [0.25, 0.3) is 5.91 Å². The quantitative estimate of drug-likeness (QED) is 0.367. The van der Waals surface area contributed by atoms with Crippen LogP contribution in [0.3, 0.4) is 0 Å². The molecule has 34 heavy (non-hydrogen) atoms. The molecule has 0 radical (unpaired) electrons. The van der Waals surface area contributed by atoms with Gasteiger partial charge in [-0.25, -0.2) is 4.79 Å². The van der Waals surface area contributed by atoms with Crippen LogP contribution in [0.2, 0.25) is 0 Å². The lowest BCUT2D eigenvalue weighted by Crippen LogP contribution is -2.24. The van der Waals surface area contributed by atoms with Gasteiger partial charge in [-0.1, -0.05) is 24.3 Å². The van der Waals surface area contributed by atoms with Crippen LogP contribution in [0.25, 0.3) is 0 Å². The zero-order valence-electron chi connectivity index (χ0n) is 17.7. The van der Waals surface area contributed by atoms with E-state index in [1.54, 1.807) is 37.3 Å². The second-order valence-electron chi connectivity index (χ2n) is 7.12. The van der Waals surface area contributed by atoms with E-state index in [9.17, 15) is 32.7 Å². The van der Waals surface area contributed by atoms with Gasteiger partial charge < -0.3 is 15.7 Å². The van der Waals surface area contributed by atoms with Crippen LogP contribution >= 0.6 is 11.8 Å². The van der Waals surface area contributed by atoms with E-state index in [1.807, 2.05) is 0 Å². The Bertz CT molecular complexity index is 1210. The largest absolute Gasteiger partial charge is 0.478 e. The number of carbonyl (C=O) groups excluding carboxylic acids is 2. The SMILES string of the molecule is CC(Sc1ccc(NC(=O)c2ccccc2C(=O)O)cc1)C(=O)Nc1ccccc1C(F)(F)F. The Hall–Kier alpha value is -3.79. The van der Waals surface area contributed by atoms with E-state index in [0.717, 1.165) is 17.8 Å². The summed E-state index contributed by atoms with van der Waals surface area (Å²) in [5.74, 6) is -2.40. The number of thioether (sulfide) groups is 1. The number of aromatic carboxylic acids is 1.